The molecule has 0 fully saturated rings. The number of rotatable bonds is 2. The molecule has 0 spiro atoms. The molecule has 2 aromatic carbocycles. The monoisotopic (exact) mass is 290 g/mol. The fourth-order valence-electron chi connectivity index (χ4n) is 3.35. The van der Waals surface area contributed by atoms with E-state index in [0.29, 0.717) is 5.69 Å². The summed E-state index contributed by atoms with van der Waals surface area (Å²) in [5.74, 6) is -0.0200. The molecule has 3 aromatic rings. The van der Waals surface area contributed by atoms with Gasteiger partial charge < -0.3 is 10.3 Å². The van der Waals surface area contributed by atoms with E-state index in [2.05, 4.69) is 34.6 Å². The van der Waals surface area contributed by atoms with Gasteiger partial charge in [-0.25, -0.2) is 0 Å². The van der Waals surface area contributed by atoms with E-state index in [0.717, 1.165) is 29.3 Å². The maximum atomic E-state index is 12.5. The molecule has 0 saturated carbocycles. The third-order valence-corrected chi connectivity index (χ3v) is 4.50. The summed E-state index contributed by atoms with van der Waals surface area (Å²) in [7, 11) is 0. The Morgan fingerprint density at radius 3 is 2.50 bits per heavy atom. The molecule has 3 nitrogen and oxygen atoms in total. The highest BCUT2D eigenvalue weighted by molar-refractivity contribution is 5.98. The summed E-state index contributed by atoms with van der Waals surface area (Å²) in [4.78, 5) is 15.7. The van der Waals surface area contributed by atoms with Crippen molar-refractivity contribution in [3.8, 4) is 0 Å². The zero-order chi connectivity index (χ0) is 15.1. The molecule has 0 unspecified atom stereocenters. The molecule has 110 valence electrons. The first-order valence-corrected chi connectivity index (χ1v) is 7.67. The predicted octanol–water partition coefficient (Wildman–Crippen LogP) is 3.37. The van der Waals surface area contributed by atoms with Gasteiger partial charge in [0.2, 0.25) is 0 Å². The number of amides is 1. The zero-order valence-corrected chi connectivity index (χ0v) is 12.5. The number of hydrogen-bond donors (Lipinski definition) is 2. The molecular weight excluding hydrogens is 272 g/mol. The fourth-order valence-corrected chi connectivity index (χ4v) is 3.35. The third-order valence-electron chi connectivity index (χ3n) is 4.50. The minimum Gasteiger partial charge on any atom is -0.350 e. The first-order valence-electron chi connectivity index (χ1n) is 7.67. The van der Waals surface area contributed by atoms with Crippen LogP contribution in [0.3, 0.4) is 0 Å². The Kier molecular flexibility index (Phi) is 3.00. The number of fused-ring (bicyclic) bond motifs is 2. The van der Waals surface area contributed by atoms with Crippen molar-refractivity contribution >= 4 is 16.8 Å². The predicted molar refractivity (Wildman–Crippen MR) is 88.1 cm³/mol. The van der Waals surface area contributed by atoms with Gasteiger partial charge in [-0.2, -0.15) is 0 Å². The van der Waals surface area contributed by atoms with Crippen LogP contribution < -0.4 is 5.32 Å². The number of benzene rings is 2. The number of para-hydroxylation sites is 1. The third kappa shape index (κ3) is 2.19. The van der Waals surface area contributed by atoms with Gasteiger partial charge in [-0.15, -0.1) is 0 Å². The van der Waals surface area contributed by atoms with Crippen molar-refractivity contribution in [2.75, 3.05) is 0 Å². The van der Waals surface area contributed by atoms with Crippen LogP contribution in [0, 0.1) is 6.92 Å². The van der Waals surface area contributed by atoms with Crippen molar-refractivity contribution in [2.24, 2.45) is 0 Å². The maximum Gasteiger partial charge on any atom is 0.267 e. The van der Waals surface area contributed by atoms with E-state index in [1.165, 1.54) is 11.1 Å². The highest BCUT2D eigenvalue weighted by Crippen LogP contribution is 2.23. The van der Waals surface area contributed by atoms with Crippen molar-refractivity contribution < 1.29 is 4.79 Å². The summed E-state index contributed by atoms with van der Waals surface area (Å²) in [5.41, 5.74) is 5.54. The first kappa shape index (κ1) is 13.1. The molecule has 1 heterocycles. The Labute approximate surface area is 129 Å². The van der Waals surface area contributed by atoms with E-state index in [1.54, 1.807) is 0 Å². The average molecular weight is 290 g/mol. The van der Waals surface area contributed by atoms with Crippen molar-refractivity contribution in [1.82, 2.24) is 10.3 Å². The lowest BCUT2D eigenvalue weighted by Crippen LogP contribution is -2.35. The van der Waals surface area contributed by atoms with Gasteiger partial charge in [0.1, 0.15) is 5.69 Å². The van der Waals surface area contributed by atoms with Crippen LogP contribution in [0.4, 0.5) is 0 Å². The van der Waals surface area contributed by atoms with Crippen molar-refractivity contribution in [3.05, 3.63) is 70.9 Å². The number of hydrogen-bond acceptors (Lipinski definition) is 1. The molecule has 0 atom stereocenters. The number of aryl methyl sites for hydroxylation is 1. The molecule has 2 N–H and O–H groups in total. The van der Waals surface area contributed by atoms with Gasteiger partial charge in [-0.05, 0) is 42.5 Å². The number of aromatic amines is 1. The lowest BCUT2D eigenvalue weighted by atomic mass is 10.1. The molecule has 0 aliphatic heterocycles. The lowest BCUT2D eigenvalue weighted by molar-refractivity contribution is 0.0934. The molecule has 0 radical (unpaired) electrons. The molecule has 0 bridgehead atoms. The van der Waals surface area contributed by atoms with Gasteiger partial charge in [-0.3, -0.25) is 4.79 Å². The van der Waals surface area contributed by atoms with Crippen molar-refractivity contribution in [1.29, 1.82) is 0 Å². The van der Waals surface area contributed by atoms with Crippen LogP contribution in [0.1, 0.15) is 27.2 Å². The Morgan fingerprint density at radius 1 is 1.09 bits per heavy atom. The molecule has 1 aliphatic rings. The molecule has 4 rings (SSSR count). The summed E-state index contributed by atoms with van der Waals surface area (Å²) in [6.07, 6.45) is 1.84. The number of H-pyrrole nitrogens is 1. The molecule has 22 heavy (non-hydrogen) atoms. The van der Waals surface area contributed by atoms with Crippen molar-refractivity contribution in [3.63, 3.8) is 0 Å². The summed E-state index contributed by atoms with van der Waals surface area (Å²) in [6, 6.07) is 16.6. The fraction of sp³-hybridized carbons (Fsp3) is 0.211. The average Bonchev–Trinajstić information content (AvgIpc) is 3.10. The van der Waals surface area contributed by atoms with Crippen LogP contribution in [0.2, 0.25) is 0 Å². The van der Waals surface area contributed by atoms with Gasteiger partial charge >= 0.3 is 0 Å². The Bertz CT molecular complexity index is 838. The maximum absolute atomic E-state index is 12.5. The number of carbonyl (C=O) groups excluding carboxylic acids is 1. The van der Waals surface area contributed by atoms with E-state index in [9.17, 15) is 4.79 Å². The minimum absolute atomic E-state index is 0.0200. The van der Waals surface area contributed by atoms with E-state index in [-0.39, 0.29) is 11.9 Å². The summed E-state index contributed by atoms with van der Waals surface area (Å²) in [5, 5.41) is 4.24. The van der Waals surface area contributed by atoms with E-state index in [1.807, 2.05) is 31.2 Å². The summed E-state index contributed by atoms with van der Waals surface area (Å²) < 4.78 is 0. The van der Waals surface area contributed by atoms with E-state index in [4.69, 9.17) is 0 Å². The standard InChI is InChI=1S/C19H18N2O/c1-12-5-4-8-15-11-17(21-18(12)15)19(22)20-16-9-13-6-2-3-7-14(13)10-16/h2-8,11,16,21H,9-10H2,1H3,(H,20,22). The largest absolute Gasteiger partial charge is 0.350 e. The Hall–Kier alpha value is -2.55. The van der Waals surface area contributed by atoms with Gasteiger partial charge in [0, 0.05) is 16.9 Å². The van der Waals surface area contributed by atoms with Crippen LogP contribution in [-0.2, 0) is 12.8 Å². The number of aromatic nitrogens is 1. The molecule has 3 heteroatoms. The van der Waals surface area contributed by atoms with Gasteiger partial charge in [0.15, 0.2) is 0 Å². The molecule has 1 aliphatic carbocycles. The molecule has 1 aromatic heterocycles. The van der Waals surface area contributed by atoms with Gasteiger partial charge in [-0.1, -0.05) is 42.5 Å². The number of nitrogens with one attached hydrogen (secondary N) is 2. The Balaban J connectivity index is 1.54. The second-order valence-corrected chi connectivity index (χ2v) is 6.07. The Morgan fingerprint density at radius 2 is 1.82 bits per heavy atom. The molecule has 0 saturated heterocycles. The van der Waals surface area contributed by atoms with Crippen LogP contribution in [0.15, 0.2) is 48.5 Å². The quantitative estimate of drug-likeness (QED) is 0.746. The smallest absolute Gasteiger partial charge is 0.267 e. The molecule has 1 amide bonds. The minimum atomic E-state index is -0.0200. The van der Waals surface area contributed by atoms with E-state index < -0.39 is 0 Å². The van der Waals surface area contributed by atoms with Crippen molar-refractivity contribution in [2.45, 2.75) is 25.8 Å². The summed E-state index contributed by atoms with van der Waals surface area (Å²) >= 11 is 0. The SMILES string of the molecule is Cc1cccc2cc(C(=O)NC3Cc4ccccc4C3)[nH]c12. The first-order chi connectivity index (χ1) is 10.7. The zero-order valence-electron chi connectivity index (χ0n) is 12.5. The van der Waals surface area contributed by atoms with Gasteiger partial charge in [0.25, 0.3) is 5.91 Å². The lowest BCUT2D eigenvalue weighted by Gasteiger charge is -2.10. The topological polar surface area (TPSA) is 44.9 Å². The van der Waals surface area contributed by atoms with Crippen LogP contribution in [-0.4, -0.2) is 16.9 Å². The normalized spacial score (nSPS) is 14.2. The molecular formula is C19H18N2O. The van der Waals surface area contributed by atoms with Gasteiger partial charge in [0.05, 0.1) is 0 Å². The summed E-state index contributed by atoms with van der Waals surface area (Å²) in [6.45, 7) is 2.05. The van der Waals surface area contributed by atoms with E-state index >= 15 is 0 Å². The van der Waals surface area contributed by atoms with Crippen LogP contribution in [0.25, 0.3) is 10.9 Å². The highest BCUT2D eigenvalue weighted by Gasteiger charge is 2.23. The second-order valence-electron chi connectivity index (χ2n) is 6.07. The second kappa shape index (κ2) is 5.02. The van der Waals surface area contributed by atoms with Crippen LogP contribution >= 0.6 is 0 Å². The number of carbonyl (C=O) groups is 1. The van der Waals surface area contributed by atoms with Crippen LogP contribution in [0.5, 0.6) is 0 Å². The highest BCUT2D eigenvalue weighted by atomic mass is 16.1.